The van der Waals surface area contributed by atoms with Gasteiger partial charge in [0.2, 0.25) is 0 Å². The van der Waals surface area contributed by atoms with Crippen LogP contribution in [0.3, 0.4) is 0 Å². The number of rotatable bonds is 3. The van der Waals surface area contributed by atoms with Gasteiger partial charge in [0.1, 0.15) is 5.56 Å². The molecule has 0 amide bonds. The van der Waals surface area contributed by atoms with Gasteiger partial charge < -0.3 is 14.6 Å². The van der Waals surface area contributed by atoms with Gasteiger partial charge >= 0.3 is 5.97 Å². The lowest BCUT2D eigenvalue weighted by molar-refractivity contribution is 0.0693. The summed E-state index contributed by atoms with van der Waals surface area (Å²) < 4.78 is 2.02. The quantitative estimate of drug-likeness (QED) is 0.824. The highest BCUT2D eigenvalue weighted by atomic mass is 16.4. The van der Waals surface area contributed by atoms with Crippen molar-refractivity contribution in [3.05, 3.63) is 67.9 Å². The normalized spacial score (nSPS) is 19.2. The van der Waals surface area contributed by atoms with Gasteiger partial charge in [0.05, 0.1) is 17.4 Å². The number of carbonyl (C=O) groups is 1. The number of aromatic carboxylic acids is 1. The number of nitrogens with zero attached hydrogens (tertiary/aromatic N) is 2. The fraction of sp³-hybridized carbons (Fsp3) is 0.462. The van der Waals surface area contributed by atoms with Crippen LogP contribution < -0.4 is 15.9 Å². The SMILES string of the molecule is CC/C(C)=c1/c(CC)ccc/c1=C1\c2cc(=O)c(C(=O)O)cn2C(C(C)(C)C)CN1C. The standard InChI is InChI=1S/C26H34N2O3/c1-8-16(3)23-17(9-2)11-10-12-18(23)24-20-13-21(29)19(25(30)31)14-28(20)22(15-27(24)7)26(4,5)6/h10-14,22H,8-9,15H2,1-7H3,(H,30,31)/b23-16-,24-18-. The first-order chi connectivity index (χ1) is 14.5. The Labute approximate surface area is 184 Å². The van der Waals surface area contributed by atoms with Crippen LogP contribution in [0.4, 0.5) is 0 Å². The zero-order valence-electron chi connectivity index (χ0n) is 19.7. The van der Waals surface area contributed by atoms with E-state index in [0.29, 0.717) is 0 Å². The zero-order valence-corrected chi connectivity index (χ0v) is 19.7. The molecule has 0 bridgehead atoms. The number of aryl methyl sites for hydroxylation is 1. The molecule has 2 heterocycles. The minimum Gasteiger partial charge on any atom is -0.477 e. The first kappa shape index (κ1) is 22.9. The number of likely N-dealkylation sites (N-methyl/N-ethyl adjacent to an activating group) is 1. The highest BCUT2D eigenvalue weighted by molar-refractivity contribution is 5.87. The van der Waals surface area contributed by atoms with Crippen molar-refractivity contribution in [2.75, 3.05) is 13.6 Å². The van der Waals surface area contributed by atoms with Gasteiger partial charge in [0, 0.05) is 31.1 Å². The molecule has 0 saturated carbocycles. The maximum Gasteiger partial charge on any atom is 0.341 e. The highest BCUT2D eigenvalue weighted by Gasteiger charge is 2.35. The molecule has 5 nitrogen and oxygen atoms in total. The minimum atomic E-state index is -1.18. The summed E-state index contributed by atoms with van der Waals surface area (Å²) >= 11 is 0. The molecule has 1 atom stereocenters. The molecule has 5 heteroatoms. The second kappa shape index (κ2) is 8.37. The minimum absolute atomic E-state index is 0.0315. The molecule has 31 heavy (non-hydrogen) atoms. The molecule has 0 fully saturated rings. The molecule has 2 aromatic rings. The van der Waals surface area contributed by atoms with Crippen LogP contribution in [0.2, 0.25) is 0 Å². The largest absolute Gasteiger partial charge is 0.477 e. The molecule has 166 valence electrons. The molecule has 0 aliphatic carbocycles. The van der Waals surface area contributed by atoms with Crippen LogP contribution in [-0.4, -0.2) is 34.1 Å². The molecule has 1 unspecified atom stereocenters. The summed E-state index contributed by atoms with van der Waals surface area (Å²) in [5.41, 5.74) is 3.60. The Morgan fingerprint density at radius 2 is 1.90 bits per heavy atom. The predicted octanol–water partition coefficient (Wildman–Crippen LogP) is 3.38. The van der Waals surface area contributed by atoms with E-state index < -0.39 is 11.4 Å². The maximum atomic E-state index is 12.7. The summed E-state index contributed by atoms with van der Waals surface area (Å²) in [6, 6.07) is 7.91. The van der Waals surface area contributed by atoms with E-state index in [1.807, 2.05) is 4.57 Å². The van der Waals surface area contributed by atoms with Crippen molar-refractivity contribution in [1.29, 1.82) is 0 Å². The Balaban J connectivity index is 2.56. The Bertz CT molecular complexity index is 1200. The van der Waals surface area contributed by atoms with Crippen LogP contribution >= 0.6 is 0 Å². The van der Waals surface area contributed by atoms with E-state index in [1.165, 1.54) is 22.4 Å². The molecule has 1 N–H and O–H groups in total. The van der Waals surface area contributed by atoms with Crippen molar-refractivity contribution in [3.8, 4) is 0 Å². The topological polar surface area (TPSA) is 62.5 Å². The first-order valence-corrected chi connectivity index (χ1v) is 11.0. The Morgan fingerprint density at radius 1 is 1.23 bits per heavy atom. The number of hydrogen-bond acceptors (Lipinski definition) is 3. The number of benzene rings is 1. The first-order valence-electron chi connectivity index (χ1n) is 11.0. The fourth-order valence-corrected chi connectivity index (χ4v) is 4.60. The summed E-state index contributed by atoms with van der Waals surface area (Å²) in [5, 5.41) is 11.9. The van der Waals surface area contributed by atoms with Crippen LogP contribution in [0.1, 0.15) is 75.6 Å². The van der Waals surface area contributed by atoms with E-state index in [2.05, 4.69) is 71.7 Å². The van der Waals surface area contributed by atoms with Gasteiger partial charge in [0.25, 0.3) is 0 Å². The van der Waals surface area contributed by atoms with Crippen molar-refractivity contribution in [2.45, 2.75) is 60.4 Å². The van der Waals surface area contributed by atoms with E-state index in [0.717, 1.165) is 36.0 Å². The number of fused-ring (bicyclic) bond motifs is 1. The molecule has 0 radical (unpaired) electrons. The molecule has 0 spiro atoms. The van der Waals surface area contributed by atoms with Crippen molar-refractivity contribution in [3.63, 3.8) is 0 Å². The smallest absolute Gasteiger partial charge is 0.341 e. The number of hydrogen-bond donors (Lipinski definition) is 1. The van der Waals surface area contributed by atoms with Crippen LogP contribution in [-0.2, 0) is 6.42 Å². The van der Waals surface area contributed by atoms with Crippen molar-refractivity contribution in [1.82, 2.24) is 9.47 Å². The molecule has 3 rings (SSSR count). The van der Waals surface area contributed by atoms with Crippen LogP contribution in [0.15, 0.2) is 35.3 Å². The molecule has 1 aliphatic rings. The van der Waals surface area contributed by atoms with Crippen LogP contribution in [0.25, 0.3) is 11.3 Å². The second-order valence-corrected chi connectivity index (χ2v) is 9.59. The fourth-order valence-electron chi connectivity index (χ4n) is 4.60. The van der Waals surface area contributed by atoms with E-state index in [-0.39, 0.29) is 17.0 Å². The maximum absolute atomic E-state index is 12.7. The Hall–Kier alpha value is -2.82. The summed E-state index contributed by atoms with van der Waals surface area (Å²) in [5.74, 6) is -1.18. The molecule has 1 aliphatic heterocycles. The van der Waals surface area contributed by atoms with Crippen molar-refractivity contribution >= 4 is 17.2 Å². The number of carboxylic acids is 1. The Kier molecular flexibility index (Phi) is 6.17. The Morgan fingerprint density at radius 3 is 2.45 bits per heavy atom. The summed E-state index contributed by atoms with van der Waals surface area (Å²) in [4.78, 5) is 26.7. The summed E-state index contributed by atoms with van der Waals surface area (Å²) in [7, 11) is 2.07. The van der Waals surface area contributed by atoms with E-state index in [1.54, 1.807) is 6.20 Å². The third-order valence-electron chi connectivity index (χ3n) is 6.46. The van der Waals surface area contributed by atoms with Crippen LogP contribution in [0.5, 0.6) is 0 Å². The average Bonchev–Trinajstić information content (AvgIpc) is 2.70. The van der Waals surface area contributed by atoms with Crippen LogP contribution in [0, 0.1) is 5.41 Å². The van der Waals surface area contributed by atoms with E-state index in [9.17, 15) is 14.7 Å². The molecule has 1 aromatic carbocycles. The lowest BCUT2D eigenvalue weighted by Gasteiger charge is -2.43. The molecular weight excluding hydrogens is 388 g/mol. The van der Waals surface area contributed by atoms with Gasteiger partial charge in [0.15, 0.2) is 5.43 Å². The highest BCUT2D eigenvalue weighted by Crippen LogP contribution is 2.37. The van der Waals surface area contributed by atoms with Gasteiger partial charge in [-0.2, -0.15) is 0 Å². The summed E-state index contributed by atoms with van der Waals surface area (Å²) in [6.07, 6.45) is 3.41. The van der Waals surface area contributed by atoms with E-state index in [4.69, 9.17) is 0 Å². The predicted molar refractivity (Wildman–Crippen MR) is 126 cm³/mol. The zero-order chi connectivity index (χ0) is 23.1. The molecule has 0 saturated heterocycles. The third kappa shape index (κ3) is 4.06. The van der Waals surface area contributed by atoms with Gasteiger partial charge in [-0.05, 0) is 36.0 Å². The van der Waals surface area contributed by atoms with Crippen molar-refractivity contribution in [2.24, 2.45) is 5.41 Å². The van der Waals surface area contributed by atoms with Gasteiger partial charge in [-0.15, -0.1) is 0 Å². The summed E-state index contributed by atoms with van der Waals surface area (Å²) in [6.45, 7) is 13.7. The second-order valence-electron chi connectivity index (χ2n) is 9.59. The van der Waals surface area contributed by atoms with Gasteiger partial charge in [-0.25, -0.2) is 4.79 Å². The monoisotopic (exact) mass is 422 g/mol. The molecule has 1 aromatic heterocycles. The van der Waals surface area contributed by atoms with Gasteiger partial charge in [-0.1, -0.05) is 58.4 Å². The average molecular weight is 423 g/mol. The number of aromatic nitrogens is 1. The number of pyridine rings is 1. The van der Waals surface area contributed by atoms with Crippen molar-refractivity contribution < 1.29 is 9.90 Å². The number of carboxylic acid groups (broad SMARTS) is 1. The lowest BCUT2D eigenvalue weighted by atomic mass is 9.84. The third-order valence-corrected chi connectivity index (χ3v) is 6.46. The van der Waals surface area contributed by atoms with E-state index >= 15 is 0 Å². The molecular formula is C26H34N2O3. The lowest BCUT2D eigenvalue weighted by Crippen LogP contribution is -2.46. The van der Waals surface area contributed by atoms with Gasteiger partial charge in [-0.3, -0.25) is 4.79 Å².